The topological polar surface area (TPSA) is 29.3 Å². The number of hydrogen-bond donors (Lipinski definition) is 1. The van der Waals surface area contributed by atoms with Crippen molar-refractivity contribution < 1.29 is 0 Å². The Morgan fingerprint density at radius 2 is 2.21 bits per heavy atom. The summed E-state index contributed by atoms with van der Waals surface area (Å²) >= 11 is 9.85. The van der Waals surface area contributed by atoms with Crippen molar-refractivity contribution in [3.63, 3.8) is 0 Å². The van der Waals surface area contributed by atoms with Gasteiger partial charge in [-0.15, -0.1) is 0 Å². The van der Waals surface area contributed by atoms with Crippen molar-refractivity contribution in [2.24, 2.45) is 5.73 Å². The summed E-state index contributed by atoms with van der Waals surface area (Å²) in [6, 6.07) is 7.07. The Hall–Kier alpha value is -0.0900. The van der Waals surface area contributed by atoms with Crippen molar-refractivity contribution in [3.8, 4) is 0 Å². The van der Waals surface area contributed by atoms with Gasteiger partial charge in [-0.2, -0.15) is 0 Å². The first-order valence-electron chi connectivity index (χ1n) is 7.08. The molecule has 1 aromatic rings. The number of rotatable bonds is 7. The van der Waals surface area contributed by atoms with Crippen LogP contribution in [0.3, 0.4) is 0 Å². The van der Waals surface area contributed by atoms with Gasteiger partial charge in [-0.25, -0.2) is 0 Å². The molecule has 2 N–H and O–H groups in total. The van der Waals surface area contributed by atoms with Crippen molar-refractivity contribution in [1.29, 1.82) is 0 Å². The van der Waals surface area contributed by atoms with E-state index in [0.29, 0.717) is 12.6 Å². The average Bonchev–Trinajstić information content (AvgIpc) is 3.20. The Bertz CT molecular complexity index is 421. The molecule has 0 aromatic heterocycles. The van der Waals surface area contributed by atoms with Crippen LogP contribution in [0.4, 0.5) is 0 Å². The van der Waals surface area contributed by atoms with Crippen LogP contribution in [-0.2, 0) is 0 Å². The molecule has 4 heteroatoms. The molecule has 0 saturated heterocycles. The van der Waals surface area contributed by atoms with Crippen LogP contribution in [0.25, 0.3) is 0 Å². The lowest BCUT2D eigenvalue weighted by molar-refractivity contribution is 0.188. The highest BCUT2D eigenvalue weighted by molar-refractivity contribution is 9.10. The van der Waals surface area contributed by atoms with Gasteiger partial charge in [-0.3, -0.25) is 4.90 Å². The first-order valence-corrected chi connectivity index (χ1v) is 8.25. The van der Waals surface area contributed by atoms with Crippen LogP contribution in [0.15, 0.2) is 22.7 Å². The number of nitrogens with zero attached hydrogens (tertiary/aromatic N) is 1. The van der Waals surface area contributed by atoms with Crippen molar-refractivity contribution in [1.82, 2.24) is 4.90 Å². The van der Waals surface area contributed by atoms with Crippen molar-refractivity contribution in [3.05, 3.63) is 33.3 Å². The lowest BCUT2D eigenvalue weighted by Crippen LogP contribution is -2.36. The molecule has 1 aliphatic carbocycles. The molecular weight excluding hydrogens is 324 g/mol. The van der Waals surface area contributed by atoms with Gasteiger partial charge >= 0.3 is 0 Å². The van der Waals surface area contributed by atoms with Crippen LogP contribution < -0.4 is 5.73 Å². The minimum atomic E-state index is 0.250. The van der Waals surface area contributed by atoms with Gasteiger partial charge in [0.15, 0.2) is 0 Å². The van der Waals surface area contributed by atoms with Gasteiger partial charge in [0, 0.05) is 28.1 Å². The molecule has 19 heavy (non-hydrogen) atoms. The number of halogens is 2. The van der Waals surface area contributed by atoms with E-state index in [-0.39, 0.29) is 6.04 Å². The monoisotopic (exact) mass is 344 g/mol. The lowest BCUT2D eigenvalue weighted by Gasteiger charge is -2.32. The SMILES string of the molecule is CCCCN(C1CC1)C(CN)c1ccc(Br)cc1Cl. The van der Waals surface area contributed by atoms with Crippen LogP contribution in [0.5, 0.6) is 0 Å². The standard InChI is InChI=1S/C15H22BrClN2/c1-2-3-8-19(12-5-6-12)15(10-18)13-7-4-11(16)9-14(13)17/h4,7,9,12,15H,2-3,5-6,8,10,18H2,1H3. The second-order valence-corrected chi connectivity index (χ2v) is 6.56. The normalized spacial score (nSPS) is 16.9. The van der Waals surface area contributed by atoms with Crippen molar-refractivity contribution in [2.45, 2.75) is 44.7 Å². The second-order valence-electron chi connectivity index (χ2n) is 5.24. The summed E-state index contributed by atoms with van der Waals surface area (Å²) < 4.78 is 1.02. The van der Waals surface area contributed by atoms with E-state index < -0.39 is 0 Å². The Kier molecular flexibility index (Phi) is 5.70. The molecule has 0 spiro atoms. The van der Waals surface area contributed by atoms with Gasteiger partial charge < -0.3 is 5.73 Å². The summed E-state index contributed by atoms with van der Waals surface area (Å²) in [7, 11) is 0. The molecule has 2 rings (SSSR count). The fourth-order valence-corrected chi connectivity index (χ4v) is 3.35. The largest absolute Gasteiger partial charge is 0.329 e. The summed E-state index contributed by atoms with van der Waals surface area (Å²) in [5.41, 5.74) is 7.20. The van der Waals surface area contributed by atoms with E-state index in [2.05, 4.69) is 39.9 Å². The molecule has 1 saturated carbocycles. The van der Waals surface area contributed by atoms with Crippen LogP contribution in [-0.4, -0.2) is 24.0 Å². The maximum atomic E-state index is 6.39. The molecule has 2 nitrogen and oxygen atoms in total. The highest BCUT2D eigenvalue weighted by Gasteiger charge is 2.34. The lowest BCUT2D eigenvalue weighted by atomic mass is 10.0. The molecule has 1 atom stereocenters. The van der Waals surface area contributed by atoms with E-state index in [1.165, 1.54) is 25.7 Å². The molecule has 0 heterocycles. The van der Waals surface area contributed by atoms with Crippen LogP contribution >= 0.6 is 27.5 Å². The smallest absolute Gasteiger partial charge is 0.0488 e. The van der Waals surface area contributed by atoms with Crippen LogP contribution in [0, 0.1) is 0 Å². The third-order valence-corrected chi connectivity index (χ3v) is 4.55. The van der Waals surface area contributed by atoms with E-state index in [0.717, 1.165) is 21.6 Å². The van der Waals surface area contributed by atoms with E-state index in [4.69, 9.17) is 17.3 Å². The summed E-state index contributed by atoms with van der Waals surface area (Å²) in [6.45, 7) is 3.98. The average molecular weight is 346 g/mol. The van der Waals surface area contributed by atoms with Crippen molar-refractivity contribution >= 4 is 27.5 Å². The Balaban J connectivity index is 2.20. The molecule has 0 radical (unpaired) electrons. The predicted molar refractivity (Wildman–Crippen MR) is 85.6 cm³/mol. The zero-order chi connectivity index (χ0) is 13.8. The van der Waals surface area contributed by atoms with Crippen LogP contribution in [0.2, 0.25) is 5.02 Å². The first-order chi connectivity index (χ1) is 9.17. The highest BCUT2D eigenvalue weighted by atomic mass is 79.9. The molecule has 1 aromatic carbocycles. The molecule has 0 amide bonds. The number of benzene rings is 1. The second kappa shape index (κ2) is 7.07. The van der Waals surface area contributed by atoms with Gasteiger partial charge in [-0.1, -0.05) is 46.9 Å². The van der Waals surface area contributed by atoms with Crippen LogP contribution in [0.1, 0.15) is 44.2 Å². The number of hydrogen-bond acceptors (Lipinski definition) is 2. The fourth-order valence-electron chi connectivity index (χ4n) is 2.55. The summed E-state index contributed by atoms with van der Waals surface area (Å²) in [5, 5.41) is 0.812. The van der Waals surface area contributed by atoms with E-state index in [9.17, 15) is 0 Å². The molecule has 1 aliphatic rings. The summed E-state index contributed by atoms with van der Waals surface area (Å²) in [5.74, 6) is 0. The zero-order valence-electron chi connectivity index (χ0n) is 11.4. The fraction of sp³-hybridized carbons (Fsp3) is 0.600. The van der Waals surface area contributed by atoms with E-state index in [1.807, 2.05) is 6.07 Å². The predicted octanol–water partition coefficient (Wildman–Crippen LogP) is 4.37. The Morgan fingerprint density at radius 3 is 2.74 bits per heavy atom. The summed E-state index contributed by atoms with van der Waals surface area (Å²) in [4.78, 5) is 2.55. The third-order valence-electron chi connectivity index (χ3n) is 3.73. The third kappa shape index (κ3) is 3.94. The van der Waals surface area contributed by atoms with E-state index in [1.54, 1.807) is 0 Å². The molecular formula is C15H22BrClN2. The Morgan fingerprint density at radius 1 is 1.47 bits per heavy atom. The number of unbranched alkanes of at least 4 members (excludes halogenated alkanes) is 1. The highest BCUT2D eigenvalue weighted by Crippen LogP contribution is 2.37. The molecule has 0 bridgehead atoms. The molecule has 1 unspecified atom stereocenters. The zero-order valence-corrected chi connectivity index (χ0v) is 13.8. The summed E-state index contributed by atoms with van der Waals surface area (Å²) in [6.07, 6.45) is 5.04. The minimum absolute atomic E-state index is 0.250. The molecule has 106 valence electrons. The Labute approximate surface area is 129 Å². The van der Waals surface area contributed by atoms with Gasteiger partial charge in [0.1, 0.15) is 0 Å². The maximum Gasteiger partial charge on any atom is 0.0488 e. The van der Waals surface area contributed by atoms with Crippen molar-refractivity contribution in [2.75, 3.05) is 13.1 Å². The van der Waals surface area contributed by atoms with Gasteiger partial charge in [-0.05, 0) is 43.5 Å². The quantitative estimate of drug-likeness (QED) is 0.795. The molecule has 1 fully saturated rings. The minimum Gasteiger partial charge on any atom is -0.329 e. The number of nitrogens with two attached hydrogens (primary N) is 1. The van der Waals surface area contributed by atoms with Gasteiger partial charge in [0.25, 0.3) is 0 Å². The maximum absolute atomic E-state index is 6.39. The first kappa shape index (κ1) is 15.3. The van der Waals surface area contributed by atoms with E-state index >= 15 is 0 Å². The van der Waals surface area contributed by atoms with Gasteiger partial charge in [0.05, 0.1) is 0 Å². The van der Waals surface area contributed by atoms with Gasteiger partial charge in [0.2, 0.25) is 0 Å². The molecule has 0 aliphatic heterocycles.